The lowest BCUT2D eigenvalue weighted by Gasteiger charge is -2.21. The molecule has 0 aliphatic heterocycles. The van der Waals surface area contributed by atoms with Gasteiger partial charge in [0, 0.05) is 33.1 Å². The number of carbonyl (C=O) groups excluding carboxylic acids is 2. The lowest BCUT2D eigenvalue weighted by molar-refractivity contribution is -0.132. The van der Waals surface area contributed by atoms with Crippen LogP contribution in [0, 0.1) is 5.92 Å². The Balaban J connectivity index is 2.41. The van der Waals surface area contributed by atoms with Gasteiger partial charge >= 0.3 is 0 Å². The van der Waals surface area contributed by atoms with E-state index in [1.165, 1.54) is 0 Å². The highest BCUT2D eigenvalue weighted by atomic mass is 16.2. The molecule has 0 fully saturated rings. The number of nitrogens with two attached hydrogens (primary N) is 1. The molecule has 0 saturated heterocycles. The number of nitrogens with one attached hydrogen (secondary N) is 1. The molecular formula is C16H25N3O2. The van der Waals surface area contributed by atoms with Crippen molar-refractivity contribution in [1.82, 2.24) is 10.2 Å². The van der Waals surface area contributed by atoms with E-state index in [1.54, 1.807) is 25.9 Å². The Morgan fingerprint density at radius 2 is 1.90 bits per heavy atom. The summed E-state index contributed by atoms with van der Waals surface area (Å²) >= 11 is 0. The Hall–Kier alpha value is -1.88. The maximum Gasteiger partial charge on any atom is 0.224 e. The summed E-state index contributed by atoms with van der Waals surface area (Å²) in [6.07, 6.45) is 0.981. The number of rotatable bonds is 7. The molecule has 21 heavy (non-hydrogen) atoms. The van der Waals surface area contributed by atoms with Crippen molar-refractivity contribution in [2.24, 2.45) is 11.7 Å². The summed E-state index contributed by atoms with van der Waals surface area (Å²) < 4.78 is 0. The van der Waals surface area contributed by atoms with Gasteiger partial charge in [0.05, 0.1) is 5.92 Å². The average Bonchev–Trinajstić information content (AvgIpc) is 2.51. The molecule has 0 saturated carbocycles. The van der Waals surface area contributed by atoms with Crippen LogP contribution in [0.4, 0.5) is 0 Å². The third kappa shape index (κ3) is 5.55. The Morgan fingerprint density at radius 1 is 1.29 bits per heavy atom. The van der Waals surface area contributed by atoms with Gasteiger partial charge in [0.2, 0.25) is 11.8 Å². The minimum atomic E-state index is -0.216. The fourth-order valence-electron chi connectivity index (χ4n) is 2.18. The normalized spacial score (nSPS) is 13.3. The molecule has 2 atom stereocenters. The third-order valence-corrected chi connectivity index (χ3v) is 3.56. The van der Waals surface area contributed by atoms with Crippen LogP contribution in [0.3, 0.4) is 0 Å². The van der Waals surface area contributed by atoms with E-state index in [-0.39, 0.29) is 23.8 Å². The van der Waals surface area contributed by atoms with E-state index in [9.17, 15) is 9.59 Å². The zero-order valence-corrected chi connectivity index (χ0v) is 13.0. The van der Waals surface area contributed by atoms with Crippen molar-refractivity contribution in [2.45, 2.75) is 25.8 Å². The van der Waals surface area contributed by atoms with Gasteiger partial charge in [-0.25, -0.2) is 0 Å². The van der Waals surface area contributed by atoms with E-state index in [0.717, 1.165) is 5.56 Å². The summed E-state index contributed by atoms with van der Waals surface area (Å²) in [7, 11) is 3.31. The van der Waals surface area contributed by atoms with E-state index in [2.05, 4.69) is 5.32 Å². The summed E-state index contributed by atoms with van der Waals surface area (Å²) in [5, 5.41) is 2.58. The Bertz CT molecular complexity index is 462. The predicted octanol–water partition coefficient (Wildman–Crippen LogP) is 1.31. The molecular weight excluding hydrogens is 266 g/mol. The van der Waals surface area contributed by atoms with E-state index < -0.39 is 0 Å². The molecule has 2 amide bonds. The van der Waals surface area contributed by atoms with Gasteiger partial charge in [-0.3, -0.25) is 9.59 Å². The summed E-state index contributed by atoms with van der Waals surface area (Å²) in [4.78, 5) is 25.1. The molecule has 5 heteroatoms. The summed E-state index contributed by atoms with van der Waals surface area (Å²) in [6, 6.07) is 9.61. The van der Waals surface area contributed by atoms with Gasteiger partial charge in [-0.05, 0) is 12.0 Å². The van der Waals surface area contributed by atoms with Gasteiger partial charge in [0.25, 0.3) is 0 Å². The monoisotopic (exact) mass is 291 g/mol. The maximum absolute atomic E-state index is 12.1. The molecule has 5 nitrogen and oxygen atoms in total. The molecule has 3 N–H and O–H groups in total. The summed E-state index contributed by atoms with van der Waals surface area (Å²) in [5.74, 6) is -0.264. The maximum atomic E-state index is 12.1. The van der Waals surface area contributed by atoms with Gasteiger partial charge in [-0.2, -0.15) is 0 Å². The van der Waals surface area contributed by atoms with Crippen molar-refractivity contribution >= 4 is 11.8 Å². The predicted molar refractivity (Wildman–Crippen MR) is 83.5 cm³/mol. The van der Waals surface area contributed by atoms with E-state index in [1.807, 2.05) is 30.3 Å². The average molecular weight is 291 g/mol. The molecule has 0 radical (unpaired) electrons. The standard InChI is InChI=1S/C16H25N3O2/c1-12(16(21)18-2)11-19(3)15(20)10-9-14(17)13-7-5-4-6-8-13/h4-8,12,14H,9-11,17H2,1-3H3,(H,18,21). The largest absolute Gasteiger partial charge is 0.359 e. The van der Waals surface area contributed by atoms with Crippen molar-refractivity contribution in [1.29, 1.82) is 0 Å². The third-order valence-electron chi connectivity index (χ3n) is 3.56. The lowest BCUT2D eigenvalue weighted by Crippen LogP contribution is -2.37. The first-order chi connectivity index (χ1) is 9.95. The van der Waals surface area contributed by atoms with Gasteiger partial charge in [0.1, 0.15) is 0 Å². The molecule has 1 rings (SSSR count). The zero-order valence-electron chi connectivity index (χ0n) is 13.0. The van der Waals surface area contributed by atoms with E-state index in [4.69, 9.17) is 5.73 Å². The first-order valence-electron chi connectivity index (χ1n) is 7.21. The Kier molecular flexibility index (Phi) is 6.88. The molecule has 116 valence electrons. The molecule has 2 unspecified atom stereocenters. The van der Waals surface area contributed by atoms with E-state index in [0.29, 0.717) is 19.4 Å². The zero-order chi connectivity index (χ0) is 15.8. The van der Waals surface area contributed by atoms with Gasteiger partial charge in [0.15, 0.2) is 0 Å². The smallest absolute Gasteiger partial charge is 0.224 e. The van der Waals surface area contributed by atoms with Crippen LogP contribution in [0.5, 0.6) is 0 Å². The first-order valence-corrected chi connectivity index (χ1v) is 7.21. The molecule has 0 aliphatic carbocycles. The lowest BCUT2D eigenvalue weighted by atomic mass is 10.0. The SMILES string of the molecule is CNC(=O)C(C)CN(C)C(=O)CCC(N)c1ccccc1. The van der Waals surface area contributed by atoms with Gasteiger partial charge in [-0.15, -0.1) is 0 Å². The molecule has 0 bridgehead atoms. The minimum absolute atomic E-state index is 0.0112. The number of nitrogens with zero attached hydrogens (tertiary/aromatic N) is 1. The number of benzene rings is 1. The Labute approximate surface area is 126 Å². The van der Waals surface area contributed by atoms with Gasteiger partial charge < -0.3 is 16.0 Å². The molecule has 0 heterocycles. The molecule has 0 spiro atoms. The fraction of sp³-hybridized carbons (Fsp3) is 0.500. The number of amides is 2. The molecule has 1 aromatic carbocycles. The Morgan fingerprint density at radius 3 is 2.48 bits per heavy atom. The van der Waals surface area contributed by atoms with Crippen molar-refractivity contribution in [3.05, 3.63) is 35.9 Å². The summed E-state index contributed by atoms with van der Waals surface area (Å²) in [6.45, 7) is 2.22. The van der Waals surface area contributed by atoms with Crippen molar-refractivity contribution in [2.75, 3.05) is 20.6 Å². The quantitative estimate of drug-likeness (QED) is 0.795. The fourth-order valence-corrected chi connectivity index (χ4v) is 2.18. The molecule has 1 aromatic rings. The van der Waals surface area contributed by atoms with Crippen molar-refractivity contribution in [3.63, 3.8) is 0 Å². The molecule has 0 aliphatic rings. The number of hydrogen-bond acceptors (Lipinski definition) is 3. The molecule has 0 aromatic heterocycles. The highest BCUT2D eigenvalue weighted by Crippen LogP contribution is 2.15. The summed E-state index contributed by atoms with van der Waals surface area (Å²) in [5.41, 5.74) is 7.11. The van der Waals surface area contributed by atoms with Crippen LogP contribution in [-0.4, -0.2) is 37.4 Å². The minimum Gasteiger partial charge on any atom is -0.359 e. The second kappa shape index (κ2) is 8.42. The highest BCUT2D eigenvalue weighted by molar-refractivity contribution is 5.80. The van der Waals surface area contributed by atoms with Crippen LogP contribution < -0.4 is 11.1 Å². The van der Waals surface area contributed by atoms with Crippen LogP contribution >= 0.6 is 0 Å². The highest BCUT2D eigenvalue weighted by Gasteiger charge is 2.18. The van der Waals surface area contributed by atoms with Crippen LogP contribution in [0.25, 0.3) is 0 Å². The van der Waals surface area contributed by atoms with Crippen LogP contribution in [0.2, 0.25) is 0 Å². The second-order valence-corrected chi connectivity index (χ2v) is 5.35. The first kappa shape index (κ1) is 17.2. The van der Waals surface area contributed by atoms with Gasteiger partial charge in [-0.1, -0.05) is 37.3 Å². The van der Waals surface area contributed by atoms with Crippen LogP contribution in [-0.2, 0) is 9.59 Å². The number of hydrogen-bond donors (Lipinski definition) is 2. The topological polar surface area (TPSA) is 75.4 Å². The van der Waals surface area contributed by atoms with E-state index >= 15 is 0 Å². The number of carbonyl (C=O) groups is 2. The van der Waals surface area contributed by atoms with Crippen LogP contribution in [0.15, 0.2) is 30.3 Å². The van der Waals surface area contributed by atoms with Crippen molar-refractivity contribution < 1.29 is 9.59 Å². The second-order valence-electron chi connectivity index (χ2n) is 5.35. The van der Waals surface area contributed by atoms with Crippen molar-refractivity contribution in [3.8, 4) is 0 Å². The van der Waals surface area contributed by atoms with Crippen LogP contribution in [0.1, 0.15) is 31.4 Å².